The van der Waals surface area contributed by atoms with Crippen molar-refractivity contribution in [3.05, 3.63) is 32.2 Å². The van der Waals surface area contributed by atoms with E-state index in [4.69, 9.17) is 4.74 Å². The van der Waals surface area contributed by atoms with Gasteiger partial charge in [-0.25, -0.2) is 0 Å². The van der Waals surface area contributed by atoms with E-state index in [9.17, 15) is 0 Å². The average molecular weight is 387 g/mol. The Morgan fingerprint density at radius 1 is 1.26 bits per heavy atom. The second kappa shape index (κ2) is 6.90. The van der Waals surface area contributed by atoms with Crippen LogP contribution in [-0.2, 0) is 17.7 Å². The zero-order valence-corrected chi connectivity index (χ0v) is 14.3. The van der Waals surface area contributed by atoms with Crippen LogP contribution in [-0.4, -0.2) is 31.2 Å². The van der Waals surface area contributed by atoms with E-state index >= 15 is 0 Å². The second-order valence-corrected chi connectivity index (χ2v) is 6.44. The molecule has 1 aromatic rings. The Hall–Kier alpha value is -0.340. The third kappa shape index (κ3) is 3.61. The molecule has 0 aromatic heterocycles. The SMILES string of the molecule is COCC#CCN1Cc2c(Br)ccc(Br)c2CC1C. The minimum atomic E-state index is 0.508. The van der Waals surface area contributed by atoms with E-state index in [0.29, 0.717) is 12.6 Å². The maximum atomic E-state index is 4.94. The normalized spacial score (nSPS) is 18.6. The average Bonchev–Trinajstić information content (AvgIpc) is 2.40. The molecule has 0 radical (unpaired) electrons. The summed E-state index contributed by atoms with van der Waals surface area (Å²) in [7, 11) is 1.67. The third-order valence-electron chi connectivity index (χ3n) is 3.42. The maximum Gasteiger partial charge on any atom is 0.107 e. The molecule has 19 heavy (non-hydrogen) atoms. The minimum Gasteiger partial charge on any atom is -0.372 e. The fourth-order valence-electron chi connectivity index (χ4n) is 2.30. The Bertz CT molecular complexity index is 519. The van der Waals surface area contributed by atoms with E-state index in [1.165, 1.54) is 20.1 Å². The van der Waals surface area contributed by atoms with Crippen molar-refractivity contribution >= 4 is 31.9 Å². The van der Waals surface area contributed by atoms with Gasteiger partial charge in [0.2, 0.25) is 0 Å². The smallest absolute Gasteiger partial charge is 0.107 e. The van der Waals surface area contributed by atoms with Crippen molar-refractivity contribution in [2.75, 3.05) is 20.3 Å². The number of hydrogen-bond acceptors (Lipinski definition) is 2. The highest BCUT2D eigenvalue weighted by Gasteiger charge is 2.25. The molecule has 0 saturated heterocycles. The second-order valence-electron chi connectivity index (χ2n) is 4.73. The molecule has 102 valence electrons. The van der Waals surface area contributed by atoms with Gasteiger partial charge in [0.25, 0.3) is 0 Å². The number of benzene rings is 1. The van der Waals surface area contributed by atoms with Gasteiger partial charge in [-0.1, -0.05) is 43.7 Å². The first-order valence-electron chi connectivity index (χ1n) is 6.28. The van der Waals surface area contributed by atoms with Crippen molar-refractivity contribution < 1.29 is 4.74 Å². The van der Waals surface area contributed by atoms with Gasteiger partial charge >= 0.3 is 0 Å². The molecule has 1 aliphatic rings. The minimum absolute atomic E-state index is 0.508. The first kappa shape index (κ1) is 15.1. The number of rotatable bonds is 2. The van der Waals surface area contributed by atoms with Gasteiger partial charge in [0.1, 0.15) is 6.61 Å². The van der Waals surface area contributed by atoms with E-state index in [1.807, 2.05) is 0 Å². The monoisotopic (exact) mass is 385 g/mol. The molecule has 1 aromatic carbocycles. The van der Waals surface area contributed by atoms with Crippen molar-refractivity contribution in [2.24, 2.45) is 0 Å². The Kier molecular flexibility index (Phi) is 5.47. The van der Waals surface area contributed by atoms with Crippen LogP contribution >= 0.6 is 31.9 Å². The number of hydrogen-bond donors (Lipinski definition) is 0. The topological polar surface area (TPSA) is 12.5 Å². The summed E-state index contributed by atoms with van der Waals surface area (Å²) in [5, 5.41) is 0. The Labute approximate surface area is 131 Å². The van der Waals surface area contributed by atoms with Gasteiger partial charge in [-0.2, -0.15) is 0 Å². The summed E-state index contributed by atoms with van der Waals surface area (Å²) in [5.41, 5.74) is 2.80. The van der Waals surface area contributed by atoms with Crippen molar-refractivity contribution in [3.63, 3.8) is 0 Å². The predicted molar refractivity (Wildman–Crippen MR) is 85.1 cm³/mol. The van der Waals surface area contributed by atoms with Crippen LogP contribution in [0.25, 0.3) is 0 Å². The molecule has 1 unspecified atom stereocenters. The lowest BCUT2D eigenvalue weighted by Crippen LogP contribution is -2.38. The van der Waals surface area contributed by atoms with Gasteiger partial charge < -0.3 is 4.74 Å². The van der Waals surface area contributed by atoms with Crippen LogP contribution in [0.4, 0.5) is 0 Å². The summed E-state index contributed by atoms with van der Waals surface area (Å²) < 4.78 is 7.34. The number of methoxy groups -OCH3 is 1. The molecule has 0 bridgehead atoms. The standard InChI is InChI=1S/C15H17Br2NO/c1-11-9-12-13(15(17)6-5-14(12)16)10-18(11)7-3-4-8-19-2/h5-6,11H,7-10H2,1-2H3. The fourth-order valence-corrected chi connectivity index (χ4v) is 3.33. The first-order chi connectivity index (χ1) is 9.13. The van der Waals surface area contributed by atoms with Gasteiger partial charge in [-0.05, 0) is 36.6 Å². The van der Waals surface area contributed by atoms with Crippen LogP contribution in [0.5, 0.6) is 0 Å². The highest BCUT2D eigenvalue weighted by Crippen LogP contribution is 2.33. The van der Waals surface area contributed by atoms with Crippen molar-refractivity contribution in [1.29, 1.82) is 0 Å². The number of nitrogens with zero attached hydrogens (tertiary/aromatic N) is 1. The quantitative estimate of drug-likeness (QED) is 0.720. The van der Waals surface area contributed by atoms with E-state index in [0.717, 1.165) is 19.5 Å². The lowest BCUT2D eigenvalue weighted by atomic mass is 9.95. The zero-order chi connectivity index (χ0) is 13.8. The molecule has 0 aliphatic carbocycles. The van der Waals surface area contributed by atoms with E-state index in [2.05, 4.69) is 67.7 Å². The Balaban J connectivity index is 2.15. The van der Waals surface area contributed by atoms with Crippen LogP contribution in [0.3, 0.4) is 0 Å². The summed E-state index contributed by atoms with van der Waals surface area (Å²) in [6, 6.07) is 4.73. The summed E-state index contributed by atoms with van der Waals surface area (Å²) in [6.07, 6.45) is 1.06. The van der Waals surface area contributed by atoms with E-state index in [1.54, 1.807) is 7.11 Å². The fraction of sp³-hybridized carbons (Fsp3) is 0.467. The van der Waals surface area contributed by atoms with Gasteiger partial charge in [-0.3, -0.25) is 4.90 Å². The largest absolute Gasteiger partial charge is 0.372 e. The highest BCUT2D eigenvalue weighted by molar-refractivity contribution is 9.11. The molecular weight excluding hydrogens is 370 g/mol. The molecule has 0 spiro atoms. The lowest BCUT2D eigenvalue weighted by Gasteiger charge is -2.34. The van der Waals surface area contributed by atoms with Crippen LogP contribution < -0.4 is 0 Å². The molecule has 1 aliphatic heterocycles. The summed E-state index contributed by atoms with van der Waals surface area (Å²) >= 11 is 7.31. The first-order valence-corrected chi connectivity index (χ1v) is 7.86. The number of fused-ring (bicyclic) bond motifs is 1. The van der Waals surface area contributed by atoms with Gasteiger partial charge in [0.15, 0.2) is 0 Å². The number of halogens is 2. The molecule has 2 rings (SSSR count). The van der Waals surface area contributed by atoms with Crippen LogP contribution in [0.1, 0.15) is 18.1 Å². The molecule has 4 heteroatoms. The predicted octanol–water partition coefficient (Wildman–Crippen LogP) is 3.61. The van der Waals surface area contributed by atoms with Crippen molar-refractivity contribution in [2.45, 2.75) is 25.9 Å². The number of ether oxygens (including phenoxy) is 1. The van der Waals surface area contributed by atoms with Gasteiger partial charge in [-0.15, -0.1) is 0 Å². The lowest BCUT2D eigenvalue weighted by molar-refractivity contribution is 0.207. The molecular formula is C15H17Br2NO. The summed E-state index contributed by atoms with van der Waals surface area (Å²) in [4.78, 5) is 2.40. The molecule has 1 atom stereocenters. The van der Waals surface area contributed by atoms with Crippen molar-refractivity contribution in [1.82, 2.24) is 4.90 Å². The third-order valence-corrected chi connectivity index (χ3v) is 4.91. The van der Waals surface area contributed by atoms with E-state index < -0.39 is 0 Å². The molecule has 1 heterocycles. The summed E-state index contributed by atoms with van der Waals surface area (Å²) in [6.45, 7) is 4.50. The van der Waals surface area contributed by atoms with Gasteiger partial charge in [0.05, 0.1) is 6.54 Å². The highest BCUT2D eigenvalue weighted by atomic mass is 79.9. The van der Waals surface area contributed by atoms with Crippen LogP contribution in [0.15, 0.2) is 21.1 Å². The molecule has 2 nitrogen and oxygen atoms in total. The maximum absolute atomic E-state index is 4.94. The molecule has 0 fully saturated rings. The molecule has 0 amide bonds. The van der Waals surface area contributed by atoms with Crippen LogP contribution in [0, 0.1) is 11.8 Å². The van der Waals surface area contributed by atoms with E-state index in [-0.39, 0.29) is 0 Å². The summed E-state index contributed by atoms with van der Waals surface area (Å²) in [5.74, 6) is 6.19. The van der Waals surface area contributed by atoms with Crippen LogP contribution in [0.2, 0.25) is 0 Å². The zero-order valence-electron chi connectivity index (χ0n) is 11.2. The van der Waals surface area contributed by atoms with Crippen molar-refractivity contribution in [3.8, 4) is 11.8 Å². The molecule has 0 saturated carbocycles. The van der Waals surface area contributed by atoms with Gasteiger partial charge in [0, 0.05) is 28.6 Å². The Morgan fingerprint density at radius 3 is 2.63 bits per heavy atom. The molecule has 0 N–H and O–H groups in total. The Morgan fingerprint density at radius 2 is 1.95 bits per heavy atom.